The second-order valence-electron chi connectivity index (χ2n) is 8.73. The summed E-state index contributed by atoms with van der Waals surface area (Å²) in [7, 11) is -1.50. The van der Waals surface area contributed by atoms with E-state index in [0.717, 1.165) is 24.5 Å². The van der Waals surface area contributed by atoms with Gasteiger partial charge in [-0.2, -0.15) is 0 Å². The monoisotopic (exact) mass is 367 g/mol. The number of hydrogen-bond donors (Lipinski definition) is 1. The molecule has 3 nitrogen and oxygen atoms in total. The number of nitrogens with zero attached hydrogens (tertiary/aromatic N) is 2. The third-order valence-corrected chi connectivity index (χ3v) is 11.8. The fourth-order valence-electron chi connectivity index (χ4n) is 5.92. The topological polar surface area (TPSA) is 28.2 Å². The molecule has 2 fully saturated rings. The van der Waals surface area contributed by atoms with Crippen LogP contribution in [0.2, 0.25) is 18.6 Å². The van der Waals surface area contributed by atoms with Crippen molar-refractivity contribution >= 4 is 13.8 Å². The van der Waals surface area contributed by atoms with Crippen molar-refractivity contribution in [2.75, 3.05) is 26.2 Å². The summed E-state index contributed by atoms with van der Waals surface area (Å²) in [5.74, 6) is 2.19. The standard InChI is InChI=1S/C22H33N3Si/c1-4-17-16-20-18(21-10-5-6-11-24-21)8-7-9-19(20)22(17)26(2,3)25-14-12-23-13-15-25/h5-11,17,19-20,22-23H,4,12-16H2,1-3H3. The zero-order valence-electron chi connectivity index (χ0n) is 16.5. The maximum absolute atomic E-state index is 4.68. The molecule has 3 aliphatic rings. The summed E-state index contributed by atoms with van der Waals surface area (Å²) in [5.41, 5.74) is 3.51. The highest BCUT2D eigenvalue weighted by molar-refractivity contribution is 6.76. The Hall–Kier alpha value is -1.23. The molecule has 4 atom stereocenters. The number of nitrogens with one attached hydrogen (secondary N) is 1. The van der Waals surface area contributed by atoms with Gasteiger partial charge in [0.05, 0.1) is 5.69 Å². The van der Waals surface area contributed by atoms with Crippen molar-refractivity contribution < 1.29 is 0 Å². The Morgan fingerprint density at radius 1 is 1.23 bits per heavy atom. The molecule has 4 rings (SSSR count). The van der Waals surface area contributed by atoms with Crippen molar-refractivity contribution in [3.63, 3.8) is 0 Å². The van der Waals surface area contributed by atoms with Gasteiger partial charge < -0.3 is 9.88 Å². The van der Waals surface area contributed by atoms with Gasteiger partial charge in [0.2, 0.25) is 0 Å². The average Bonchev–Trinajstić information content (AvgIpc) is 3.09. The van der Waals surface area contributed by atoms with E-state index >= 15 is 0 Å². The number of piperazine rings is 1. The molecule has 0 spiro atoms. The molecule has 0 bridgehead atoms. The number of pyridine rings is 1. The summed E-state index contributed by atoms with van der Waals surface area (Å²) in [6.07, 6.45) is 11.8. The lowest BCUT2D eigenvalue weighted by atomic mass is 9.83. The SMILES string of the molecule is CCC1CC2C(c3ccccn3)=CC=CC2C1[Si](C)(C)N1CCNCC1. The summed E-state index contributed by atoms with van der Waals surface area (Å²) in [4.78, 5) is 4.68. The first kappa shape index (κ1) is 18.1. The van der Waals surface area contributed by atoms with Crippen molar-refractivity contribution in [1.82, 2.24) is 14.9 Å². The number of allylic oxidation sites excluding steroid dienone is 4. The van der Waals surface area contributed by atoms with Crippen LogP contribution in [-0.2, 0) is 0 Å². The van der Waals surface area contributed by atoms with Gasteiger partial charge in [-0.15, -0.1) is 0 Å². The molecule has 1 aromatic rings. The van der Waals surface area contributed by atoms with Crippen molar-refractivity contribution in [2.24, 2.45) is 17.8 Å². The van der Waals surface area contributed by atoms with E-state index in [1.807, 2.05) is 12.3 Å². The fraction of sp³-hybridized carbons (Fsp3) is 0.591. The normalized spacial score (nSPS) is 32.3. The van der Waals surface area contributed by atoms with Gasteiger partial charge in [-0.3, -0.25) is 4.98 Å². The molecule has 1 saturated heterocycles. The van der Waals surface area contributed by atoms with Crippen LogP contribution < -0.4 is 5.32 Å². The summed E-state index contributed by atoms with van der Waals surface area (Å²) in [6.45, 7) is 12.5. The first-order valence-corrected chi connectivity index (χ1v) is 13.4. The van der Waals surface area contributed by atoms with Crippen molar-refractivity contribution in [2.45, 2.75) is 38.4 Å². The minimum absolute atomic E-state index is 0.652. The van der Waals surface area contributed by atoms with Crippen molar-refractivity contribution in [3.8, 4) is 0 Å². The highest BCUT2D eigenvalue weighted by Crippen LogP contribution is 2.57. The number of rotatable bonds is 4. The minimum Gasteiger partial charge on any atom is -0.321 e. The maximum atomic E-state index is 4.68. The molecule has 140 valence electrons. The first-order chi connectivity index (χ1) is 12.6. The summed E-state index contributed by atoms with van der Waals surface area (Å²) in [6, 6.07) is 6.34. The van der Waals surface area contributed by atoms with Gasteiger partial charge in [-0.25, -0.2) is 0 Å². The largest absolute Gasteiger partial charge is 0.321 e. The van der Waals surface area contributed by atoms with E-state index in [-0.39, 0.29) is 0 Å². The van der Waals surface area contributed by atoms with Crippen LogP contribution in [0.25, 0.3) is 5.57 Å². The quantitative estimate of drug-likeness (QED) is 0.809. The molecule has 1 N–H and O–H groups in total. The van der Waals surface area contributed by atoms with Crippen LogP contribution in [0.1, 0.15) is 25.5 Å². The van der Waals surface area contributed by atoms with Crippen molar-refractivity contribution in [1.29, 1.82) is 0 Å². The lowest BCUT2D eigenvalue weighted by Gasteiger charge is -2.47. The molecule has 1 aromatic heterocycles. The van der Waals surface area contributed by atoms with Crippen molar-refractivity contribution in [3.05, 3.63) is 48.3 Å². The molecule has 1 aliphatic heterocycles. The third kappa shape index (κ3) is 3.12. The van der Waals surface area contributed by atoms with E-state index in [1.54, 1.807) is 0 Å². The molecular formula is C22H33N3Si. The van der Waals surface area contributed by atoms with Gasteiger partial charge in [0.25, 0.3) is 0 Å². The average molecular weight is 368 g/mol. The Labute approximate surface area is 159 Å². The highest BCUT2D eigenvalue weighted by atomic mass is 28.3. The van der Waals surface area contributed by atoms with E-state index in [0.29, 0.717) is 11.8 Å². The van der Waals surface area contributed by atoms with Crippen LogP contribution in [0, 0.1) is 17.8 Å². The third-order valence-electron chi connectivity index (χ3n) is 7.19. The summed E-state index contributed by atoms with van der Waals surface area (Å²) >= 11 is 0. The molecule has 26 heavy (non-hydrogen) atoms. The van der Waals surface area contributed by atoms with E-state index in [1.165, 1.54) is 37.2 Å². The Morgan fingerprint density at radius 3 is 2.73 bits per heavy atom. The summed E-state index contributed by atoms with van der Waals surface area (Å²) in [5, 5.41) is 3.54. The van der Waals surface area contributed by atoms with E-state index in [4.69, 9.17) is 0 Å². The zero-order chi connectivity index (χ0) is 18.1. The molecule has 0 aromatic carbocycles. The van der Waals surface area contributed by atoms with Crippen LogP contribution >= 0.6 is 0 Å². The first-order valence-electron chi connectivity index (χ1n) is 10.4. The molecule has 0 radical (unpaired) electrons. The molecule has 2 aliphatic carbocycles. The van der Waals surface area contributed by atoms with Gasteiger partial charge >= 0.3 is 0 Å². The molecule has 4 heteroatoms. The van der Waals surface area contributed by atoms with Gasteiger partial charge in [0.15, 0.2) is 0 Å². The fourth-order valence-corrected chi connectivity index (χ4v) is 10.5. The van der Waals surface area contributed by atoms with Gasteiger partial charge in [0, 0.05) is 32.4 Å². The van der Waals surface area contributed by atoms with Crippen LogP contribution in [0.3, 0.4) is 0 Å². The van der Waals surface area contributed by atoms with Gasteiger partial charge in [-0.05, 0) is 47.4 Å². The molecule has 0 amide bonds. The Balaban J connectivity index is 1.65. The van der Waals surface area contributed by atoms with Crippen LogP contribution in [-0.4, -0.2) is 44.0 Å². The number of fused-ring (bicyclic) bond motifs is 1. The number of hydrogen-bond acceptors (Lipinski definition) is 3. The number of aromatic nitrogens is 1. The van der Waals surface area contributed by atoms with Gasteiger partial charge in [-0.1, -0.05) is 50.7 Å². The Morgan fingerprint density at radius 2 is 2.04 bits per heavy atom. The Kier molecular flexibility index (Phi) is 5.17. The molecule has 4 unspecified atom stereocenters. The second kappa shape index (κ2) is 7.41. The molecular weight excluding hydrogens is 334 g/mol. The highest BCUT2D eigenvalue weighted by Gasteiger charge is 2.52. The smallest absolute Gasteiger partial charge is 0.126 e. The minimum atomic E-state index is -1.50. The summed E-state index contributed by atoms with van der Waals surface area (Å²) < 4.78 is 2.88. The van der Waals surface area contributed by atoms with E-state index in [2.05, 4.69) is 65.2 Å². The zero-order valence-corrected chi connectivity index (χ0v) is 17.5. The lowest BCUT2D eigenvalue weighted by molar-refractivity contribution is 0.337. The second-order valence-corrected chi connectivity index (χ2v) is 13.3. The van der Waals surface area contributed by atoms with E-state index in [9.17, 15) is 0 Å². The van der Waals surface area contributed by atoms with Crippen LogP contribution in [0.4, 0.5) is 0 Å². The van der Waals surface area contributed by atoms with Gasteiger partial charge in [0.1, 0.15) is 8.24 Å². The lowest BCUT2D eigenvalue weighted by Crippen LogP contribution is -2.60. The van der Waals surface area contributed by atoms with Crippen LogP contribution in [0.15, 0.2) is 42.6 Å². The predicted molar refractivity (Wildman–Crippen MR) is 112 cm³/mol. The van der Waals surface area contributed by atoms with E-state index < -0.39 is 8.24 Å². The van der Waals surface area contributed by atoms with Crippen LogP contribution in [0.5, 0.6) is 0 Å². The predicted octanol–water partition coefficient (Wildman–Crippen LogP) is 4.18. The molecule has 1 saturated carbocycles. The maximum Gasteiger partial charge on any atom is 0.126 e. The molecule has 2 heterocycles. The Bertz CT molecular complexity index is 676.